The molecule has 0 spiro atoms. The summed E-state index contributed by atoms with van der Waals surface area (Å²) in [5, 5.41) is 3.70. The molecule has 3 rings (SSSR count). The third kappa shape index (κ3) is 2.62. The molecule has 0 unspecified atom stereocenters. The van der Waals surface area contributed by atoms with Crippen LogP contribution in [0.25, 0.3) is 11.0 Å². The first-order valence-corrected chi connectivity index (χ1v) is 7.52. The van der Waals surface area contributed by atoms with Crippen molar-refractivity contribution in [2.75, 3.05) is 19.5 Å². The van der Waals surface area contributed by atoms with E-state index in [0.717, 1.165) is 10.8 Å². The van der Waals surface area contributed by atoms with Gasteiger partial charge in [0.1, 0.15) is 0 Å². The fraction of sp³-hybridized carbons (Fsp3) is 0.533. The van der Waals surface area contributed by atoms with E-state index < -0.39 is 18.3 Å². The molecule has 2 aromatic rings. The fourth-order valence-corrected chi connectivity index (χ4v) is 2.39. The van der Waals surface area contributed by atoms with Gasteiger partial charge in [0.2, 0.25) is 11.8 Å². The van der Waals surface area contributed by atoms with Crippen LogP contribution in [-0.2, 0) is 9.31 Å². The van der Waals surface area contributed by atoms with Crippen LogP contribution in [0.5, 0.6) is 5.88 Å². The second-order valence-electron chi connectivity index (χ2n) is 6.53. The number of hydrogen-bond donors (Lipinski definition) is 1. The first-order chi connectivity index (χ1) is 10.8. The summed E-state index contributed by atoms with van der Waals surface area (Å²) in [4.78, 5) is 13.0. The van der Waals surface area contributed by atoms with Crippen LogP contribution in [0.4, 0.5) is 5.95 Å². The molecule has 1 aliphatic rings. The molecule has 0 aromatic carbocycles. The van der Waals surface area contributed by atoms with Crippen molar-refractivity contribution in [1.29, 1.82) is 0 Å². The zero-order chi connectivity index (χ0) is 16.8. The average Bonchev–Trinajstić information content (AvgIpc) is 2.73. The summed E-state index contributed by atoms with van der Waals surface area (Å²) in [5.74, 6) is 0.951. The molecule has 1 aliphatic heterocycles. The summed E-state index contributed by atoms with van der Waals surface area (Å²) in [5.41, 5.74) is 0.440. The fourth-order valence-electron chi connectivity index (χ4n) is 2.39. The van der Waals surface area contributed by atoms with Crippen LogP contribution in [0.3, 0.4) is 0 Å². The van der Waals surface area contributed by atoms with Crippen molar-refractivity contribution in [3.05, 3.63) is 12.3 Å². The molecule has 1 saturated heterocycles. The van der Waals surface area contributed by atoms with Crippen molar-refractivity contribution < 1.29 is 14.0 Å². The molecule has 0 bridgehead atoms. The van der Waals surface area contributed by atoms with Crippen molar-refractivity contribution >= 4 is 29.6 Å². The molecule has 0 saturated carbocycles. The number of nitrogens with zero attached hydrogens (tertiary/aromatic N) is 3. The van der Waals surface area contributed by atoms with Gasteiger partial charge in [0.25, 0.3) is 0 Å². The average molecular weight is 316 g/mol. The number of pyridine rings is 1. The van der Waals surface area contributed by atoms with Gasteiger partial charge >= 0.3 is 7.12 Å². The minimum atomic E-state index is -0.546. The molecular formula is C15H21BN4O3. The number of ether oxygens (including phenoxy) is 1. The quantitative estimate of drug-likeness (QED) is 0.857. The van der Waals surface area contributed by atoms with Crippen LogP contribution >= 0.6 is 0 Å². The highest BCUT2D eigenvalue weighted by Gasteiger charge is 2.52. The molecule has 0 aliphatic carbocycles. The Kier molecular flexibility index (Phi) is 3.69. The Morgan fingerprint density at radius 3 is 2.35 bits per heavy atom. The summed E-state index contributed by atoms with van der Waals surface area (Å²) >= 11 is 0. The van der Waals surface area contributed by atoms with Gasteiger partial charge in [-0.15, -0.1) is 0 Å². The van der Waals surface area contributed by atoms with E-state index in [2.05, 4.69) is 20.3 Å². The normalized spacial score (nSPS) is 19.1. The van der Waals surface area contributed by atoms with Gasteiger partial charge in [-0.3, -0.25) is 0 Å². The molecule has 7 nitrogen and oxygen atoms in total. The second-order valence-corrected chi connectivity index (χ2v) is 6.53. The van der Waals surface area contributed by atoms with Crippen molar-refractivity contribution in [1.82, 2.24) is 15.0 Å². The molecule has 1 N–H and O–H groups in total. The van der Waals surface area contributed by atoms with E-state index in [-0.39, 0.29) is 0 Å². The summed E-state index contributed by atoms with van der Waals surface area (Å²) in [6.45, 7) is 8.04. The summed E-state index contributed by atoms with van der Waals surface area (Å²) in [6.07, 6.45) is 1.72. The summed E-state index contributed by atoms with van der Waals surface area (Å²) in [6, 6.07) is 1.91. The molecule has 0 amide bonds. The molecule has 3 heterocycles. The van der Waals surface area contributed by atoms with E-state index in [1.54, 1.807) is 20.4 Å². The molecule has 1 fully saturated rings. The number of hydrogen-bond acceptors (Lipinski definition) is 7. The van der Waals surface area contributed by atoms with Gasteiger partial charge in [-0.1, -0.05) is 0 Å². The maximum atomic E-state index is 6.09. The van der Waals surface area contributed by atoms with Gasteiger partial charge in [0, 0.05) is 24.1 Å². The standard InChI is InChI=1S/C15H21BN4O3/c1-14(2)15(3,4)23-16(22-14)10-7-9-8-18-13(17-5)20-11(9)19-12(10)21-6/h7-8H,1-6H3,(H,17,18,19,20). The lowest BCUT2D eigenvalue weighted by atomic mass is 9.79. The van der Waals surface area contributed by atoms with Crippen LogP contribution in [0, 0.1) is 0 Å². The second kappa shape index (κ2) is 5.31. The number of methoxy groups -OCH3 is 1. The van der Waals surface area contributed by atoms with Crippen molar-refractivity contribution in [3.8, 4) is 5.88 Å². The van der Waals surface area contributed by atoms with Gasteiger partial charge in [0.05, 0.1) is 18.3 Å². The molecule has 122 valence electrons. The highest BCUT2D eigenvalue weighted by molar-refractivity contribution is 6.63. The van der Waals surface area contributed by atoms with Crippen LogP contribution in [-0.4, -0.2) is 47.4 Å². The molecule has 8 heteroatoms. The van der Waals surface area contributed by atoms with Gasteiger partial charge < -0.3 is 19.4 Å². The first-order valence-electron chi connectivity index (χ1n) is 7.52. The number of nitrogens with one attached hydrogen (secondary N) is 1. The maximum absolute atomic E-state index is 6.09. The highest BCUT2D eigenvalue weighted by Crippen LogP contribution is 2.37. The smallest absolute Gasteiger partial charge is 0.481 e. The van der Waals surface area contributed by atoms with E-state index in [1.165, 1.54) is 0 Å². The Hall–Kier alpha value is -1.93. The Balaban J connectivity index is 2.07. The van der Waals surface area contributed by atoms with E-state index in [9.17, 15) is 0 Å². The van der Waals surface area contributed by atoms with Crippen molar-refractivity contribution in [2.45, 2.75) is 38.9 Å². The molecular weight excluding hydrogens is 295 g/mol. The van der Waals surface area contributed by atoms with Crippen LogP contribution < -0.4 is 15.5 Å². The number of rotatable bonds is 3. The maximum Gasteiger partial charge on any atom is 0.500 e. The molecule has 2 aromatic heterocycles. The van der Waals surface area contributed by atoms with Gasteiger partial charge in [-0.2, -0.15) is 9.97 Å². The zero-order valence-corrected chi connectivity index (χ0v) is 14.3. The minimum absolute atomic E-state index is 0.426. The van der Waals surface area contributed by atoms with Crippen LogP contribution in [0.15, 0.2) is 12.3 Å². The lowest BCUT2D eigenvalue weighted by molar-refractivity contribution is 0.00578. The largest absolute Gasteiger partial charge is 0.500 e. The SMILES string of the molecule is CNc1ncc2cc(B3OC(C)(C)C(C)(C)O3)c(OC)nc2n1. The summed E-state index contributed by atoms with van der Waals surface area (Å²) in [7, 11) is 2.79. The van der Waals surface area contributed by atoms with Gasteiger partial charge in [0.15, 0.2) is 5.65 Å². The van der Waals surface area contributed by atoms with E-state index in [4.69, 9.17) is 14.0 Å². The number of aromatic nitrogens is 3. The van der Waals surface area contributed by atoms with Gasteiger partial charge in [-0.05, 0) is 33.8 Å². The predicted octanol–water partition coefficient (Wildman–Crippen LogP) is 1.37. The lowest BCUT2D eigenvalue weighted by Crippen LogP contribution is -2.41. The Morgan fingerprint density at radius 2 is 1.78 bits per heavy atom. The first kappa shape index (κ1) is 16.0. The molecule has 0 radical (unpaired) electrons. The Labute approximate surface area is 135 Å². The topological polar surface area (TPSA) is 78.4 Å². The Morgan fingerprint density at radius 1 is 1.13 bits per heavy atom. The van der Waals surface area contributed by atoms with Crippen LogP contribution in [0.2, 0.25) is 0 Å². The lowest BCUT2D eigenvalue weighted by Gasteiger charge is -2.32. The predicted molar refractivity (Wildman–Crippen MR) is 89.1 cm³/mol. The van der Waals surface area contributed by atoms with Gasteiger partial charge in [-0.25, -0.2) is 4.98 Å². The highest BCUT2D eigenvalue weighted by atomic mass is 16.7. The van der Waals surface area contributed by atoms with Crippen molar-refractivity contribution in [2.24, 2.45) is 0 Å². The number of anilines is 1. The van der Waals surface area contributed by atoms with Crippen LogP contribution in [0.1, 0.15) is 27.7 Å². The van der Waals surface area contributed by atoms with E-state index in [0.29, 0.717) is 17.5 Å². The third-order valence-corrected chi connectivity index (χ3v) is 4.49. The Bertz CT molecular complexity index is 735. The zero-order valence-electron chi connectivity index (χ0n) is 14.3. The van der Waals surface area contributed by atoms with Crippen molar-refractivity contribution in [3.63, 3.8) is 0 Å². The monoisotopic (exact) mass is 316 g/mol. The third-order valence-electron chi connectivity index (χ3n) is 4.49. The van der Waals surface area contributed by atoms with E-state index in [1.807, 2.05) is 33.8 Å². The minimum Gasteiger partial charge on any atom is -0.481 e. The number of fused-ring (bicyclic) bond motifs is 1. The molecule has 0 atom stereocenters. The summed E-state index contributed by atoms with van der Waals surface area (Å²) < 4.78 is 17.6. The molecule has 23 heavy (non-hydrogen) atoms. The van der Waals surface area contributed by atoms with E-state index >= 15 is 0 Å².